The van der Waals surface area contributed by atoms with Gasteiger partial charge in [0.05, 0.1) is 10.6 Å². The summed E-state index contributed by atoms with van der Waals surface area (Å²) in [5.74, 6) is 0.112. The number of nitrogens with two attached hydrogens (primary N) is 1. The van der Waals surface area contributed by atoms with Gasteiger partial charge in [0.25, 0.3) is 0 Å². The molecule has 1 heterocycles. The van der Waals surface area contributed by atoms with E-state index in [1.807, 2.05) is 0 Å². The van der Waals surface area contributed by atoms with Crippen molar-refractivity contribution in [2.45, 2.75) is 6.18 Å². The SMILES string of the molecule is Nc1c(Cl)ncnc1Nc1ccc(Cl)c(C(F)(F)F)c1. The topological polar surface area (TPSA) is 63.8 Å². The van der Waals surface area contributed by atoms with Crippen LogP contribution < -0.4 is 11.1 Å². The zero-order valence-corrected chi connectivity index (χ0v) is 11.2. The van der Waals surface area contributed by atoms with E-state index in [1.165, 1.54) is 6.07 Å². The highest BCUT2D eigenvalue weighted by Gasteiger charge is 2.33. The van der Waals surface area contributed by atoms with Gasteiger partial charge in [-0.15, -0.1) is 0 Å². The van der Waals surface area contributed by atoms with Crippen LogP contribution in [0.25, 0.3) is 0 Å². The van der Waals surface area contributed by atoms with E-state index in [9.17, 15) is 13.2 Å². The molecule has 0 aliphatic heterocycles. The minimum Gasteiger partial charge on any atom is -0.393 e. The molecule has 0 radical (unpaired) electrons. The van der Waals surface area contributed by atoms with Crippen LogP contribution in [-0.4, -0.2) is 9.97 Å². The van der Waals surface area contributed by atoms with Crippen LogP contribution in [0.15, 0.2) is 24.5 Å². The van der Waals surface area contributed by atoms with E-state index >= 15 is 0 Å². The molecule has 3 N–H and O–H groups in total. The average molecular weight is 323 g/mol. The van der Waals surface area contributed by atoms with Gasteiger partial charge in [-0.1, -0.05) is 23.2 Å². The number of nitrogens with one attached hydrogen (secondary N) is 1. The third-order valence-electron chi connectivity index (χ3n) is 2.37. The van der Waals surface area contributed by atoms with Gasteiger partial charge < -0.3 is 11.1 Å². The van der Waals surface area contributed by atoms with E-state index in [2.05, 4.69) is 15.3 Å². The quantitative estimate of drug-likeness (QED) is 0.816. The minimum atomic E-state index is -4.55. The predicted octanol–water partition coefficient (Wildman–Crippen LogP) is 4.13. The first-order valence-corrected chi connectivity index (χ1v) is 5.94. The van der Waals surface area contributed by atoms with Crippen LogP contribution in [0, 0.1) is 0 Å². The molecule has 0 fully saturated rings. The summed E-state index contributed by atoms with van der Waals surface area (Å²) in [6, 6.07) is 3.36. The van der Waals surface area contributed by atoms with E-state index in [1.54, 1.807) is 0 Å². The van der Waals surface area contributed by atoms with Crippen molar-refractivity contribution in [2.24, 2.45) is 0 Å². The number of benzene rings is 1. The van der Waals surface area contributed by atoms with Gasteiger partial charge in [-0.2, -0.15) is 13.2 Å². The van der Waals surface area contributed by atoms with Crippen LogP contribution in [0.2, 0.25) is 10.2 Å². The third kappa shape index (κ3) is 3.05. The Kier molecular flexibility index (Phi) is 3.92. The maximum absolute atomic E-state index is 12.7. The van der Waals surface area contributed by atoms with Crippen LogP contribution in [0.1, 0.15) is 5.56 Å². The highest BCUT2D eigenvalue weighted by atomic mass is 35.5. The van der Waals surface area contributed by atoms with E-state index < -0.39 is 16.8 Å². The van der Waals surface area contributed by atoms with Gasteiger partial charge in [0.1, 0.15) is 12.0 Å². The summed E-state index contributed by atoms with van der Waals surface area (Å²) >= 11 is 11.2. The Balaban J connectivity index is 2.38. The van der Waals surface area contributed by atoms with Gasteiger partial charge in [-0.3, -0.25) is 0 Å². The Labute approximate surface area is 121 Å². The predicted molar refractivity (Wildman–Crippen MR) is 71.2 cm³/mol. The molecule has 20 heavy (non-hydrogen) atoms. The molecule has 9 heteroatoms. The van der Waals surface area contributed by atoms with Crippen LogP contribution in [0.3, 0.4) is 0 Å². The van der Waals surface area contributed by atoms with E-state index in [-0.39, 0.29) is 22.3 Å². The van der Waals surface area contributed by atoms with E-state index in [4.69, 9.17) is 28.9 Å². The normalized spacial score (nSPS) is 11.4. The number of hydrogen-bond acceptors (Lipinski definition) is 4. The van der Waals surface area contributed by atoms with Gasteiger partial charge in [0.2, 0.25) is 0 Å². The number of aromatic nitrogens is 2. The summed E-state index contributed by atoms with van der Waals surface area (Å²) in [5, 5.41) is 2.25. The molecule has 2 aromatic rings. The summed E-state index contributed by atoms with van der Waals surface area (Å²) < 4.78 is 38.2. The summed E-state index contributed by atoms with van der Waals surface area (Å²) in [6.45, 7) is 0. The molecule has 0 bridgehead atoms. The largest absolute Gasteiger partial charge is 0.417 e. The van der Waals surface area contributed by atoms with Crippen LogP contribution in [-0.2, 0) is 6.18 Å². The molecule has 0 amide bonds. The molecule has 0 saturated carbocycles. The molecule has 0 spiro atoms. The summed E-state index contributed by atoms with van der Waals surface area (Å²) in [5.41, 5.74) is 4.83. The number of alkyl halides is 3. The average Bonchev–Trinajstić information content (AvgIpc) is 2.36. The molecular formula is C11H7Cl2F3N4. The highest BCUT2D eigenvalue weighted by molar-refractivity contribution is 6.32. The summed E-state index contributed by atoms with van der Waals surface area (Å²) in [4.78, 5) is 7.44. The van der Waals surface area contributed by atoms with Crippen molar-refractivity contribution in [1.29, 1.82) is 0 Å². The number of nitrogen functional groups attached to an aromatic ring is 1. The summed E-state index contributed by atoms with van der Waals surface area (Å²) in [7, 11) is 0. The first-order chi connectivity index (χ1) is 9.29. The molecule has 0 atom stereocenters. The minimum absolute atomic E-state index is 0.00695. The van der Waals surface area contributed by atoms with Crippen molar-refractivity contribution in [2.75, 3.05) is 11.1 Å². The molecule has 1 aromatic heterocycles. The van der Waals surface area contributed by atoms with Crippen molar-refractivity contribution < 1.29 is 13.2 Å². The molecular weight excluding hydrogens is 316 g/mol. The fraction of sp³-hybridized carbons (Fsp3) is 0.0909. The van der Waals surface area contributed by atoms with Crippen molar-refractivity contribution in [3.05, 3.63) is 40.3 Å². The number of nitrogens with zero attached hydrogens (tertiary/aromatic N) is 2. The van der Waals surface area contributed by atoms with Gasteiger partial charge in [0.15, 0.2) is 11.0 Å². The van der Waals surface area contributed by atoms with Crippen molar-refractivity contribution >= 4 is 40.4 Å². The lowest BCUT2D eigenvalue weighted by Crippen LogP contribution is -2.07. The highest BCUT2D eigenvalue weighted by Crippen LogP contribution is 2.37. The zero-order valence-electron chi connectivity index (χ0n) is 9.67. The Morgan fingerprint density at radius 3 is 2.50 bits per heavy atom. The smallest absolute Gasteiger partial charge is 0.393 e. The standard InChI is InChI=1S/C11H7Cl2F3N4/c12-7-2-1-5(3-6(7)11(14,15)16)20-10-8(17)9(13)18-4-19-10/h1-4H,17H2,(H,18,19,20). The van der Waals surface area contributed by atoms with Crippen LogP contribution >= 0.6 is 23.2 Å². The van der Waals surface area contributed by atoms with Crippen molar-refractivity contribution in [3.8, 4) is 0 Å². The Morgan fingerprint density at radius 1 is 1.15 bits per heavy atom. The number of rotatable bonds is 2. The molecule has 0 aliphatic carbocycles. The van der Waals surface area contributed by atoms with Crippen molar-refractivity contribution in [1.82, 2.24) is 9.97 Å². The Bertz CT molecular complexity index is 646. The first kappa shape index (κ1) is 14.7. The lowest BCUT2D eigenvalue weighted by Gasteiger charge is -2.13. The van der Waals surface area contributed by atoms with Crippen molar-refractivity contribution in [3.63, 3.8) is 0 Å². The molecule has 2 rings (SSSR count). The van der Waals surface area contributed by atoms with Gasteiger partial charge in [0, 0.05) is 5.69 Å². The number of anilines is 3. The third-order valence-corrected chi connectivity index (χ3v) is 3.00. The lowest BCUT2D eigenvalue weighted by atomic mass is 10.2. The Morgan fingerprint density at radius 2 is 1.85 bits per heavy atom. The Hall–Kier alpha value is -1.73. The zero-order chi connectivity index (χ0) is 14.9. The first-order valence-electron chi connectivity index (χ1n) is 5.19. The van der Waals surface area contributed by atoms with Gasteiger partial charge >= 0.3 is 6.18 Å². The monoisotopic (exact) mass is 322 g/mol. The van der Waals surface area contributed by atoms with E-state index in [0.29, 0.717) is 0 Å². The maximum Gasteiger partial charge on any atom is 0.417 e. The van der Waals surface area contributed by atoms with Gasteiger partial charge in [-0.05, 0) is 18.2 Å². The number of halogens is 5. The molecule has 0 saturated heterocycles. The fourth-order valence-corrected chi connectivity index (χ4v) is 1.79. The van der Waals surface area contributed by atoms with E-state index in [0.717, 1.165) is 18.5 Å². The summed E-state index contributed by atoms with van der Waals surface area (Å²) in [6.07, 6.45) is -3.41. The lowest BCUT2D eigenvalue weighted by molar-refractivity contribution is -0.137. The molecule has 0 unspecified atom stereocenters. The molecule has 106 valence electrons. The van der Waals surface area contributed by atoms with Crippen LogP contribution in [0.5, 0.6) is 0 Å². The number of hydrogen-bond donors (Lipinski definition) is 2. The second kappa shape index (κ2) is 5.34. The van der Waals surface area contributed by atoms with Crippen LogP contribution in [0.4, 0.5) is 30.4 Å². The maximum atomic E-state index is 12.7. The second-order valence-corrected chi connectivity index (χ2v) is 4.51. The molecule has 0 aliphatic rings. The van der Waals surface area contributed by atoms with Gasteiger partial charge in [-0.25, -0.2) is 9.97 Å². The molecule has 1 aromatic carbocycles. The molecule has 4 nitrogen and oxygen atoms in total. The second-order valence-electron chi connectivity index (χ2n) is 3.74. The fourth-order valence-electron chi connectivity index (χ4n) is 1.43.